The lowest BCUT2D eigenvalue weighted by Gasteiger charge is -1.95. The Kier molecular flexibility index (Phi) is 2.06. The van der Waals surface area contributed by atoms with Crippen molar-refractivity contribution in [2.24, 2.45) is 5.14 Å². The molecule has 2 N–H and O–H groups in total. The first-order chi connectivity index (χ1) is 6.48. The molecule has 0 aliphatic rings. The molecule has 0 aliphatic heterocycles. The Morgan fingerprint density at radius 1 is 1.36 bits per heavy atom. The van der Waals surface area contributed by atoms with Gasteiger partial charge in [0.1, 0.15) is 10.7 Å². The van der Waals surface area contributed by atoms with Gasteiger partial charge in [0.2, 0.25) is 10.0 Å². The van der Waals surface area contributed by atoms with E-state index in [9.17, 15) is 12.8 Å². The number of rotatable bonds is 1. The highest BCUT2D eigenvalue weighted by Gasteiger charge is 2.14. The summed E-state index contributed by atoms with van der Waals surface area (Å²) in [5.74, 6) is -0.471. The van der Waals surface area contributed by atoms with Crippen LogP contribution in [-0.4, -0.2) is 8.42 Å². The predicted molar refractivity (Wildman–Crippen MR) is 53.2 cm³/mol. The molecule has 3 nitrogen and oxygen atoms in total. The van der Waals surface area contributed by atoms with Crippen molar-refractivity contribution in [3.05, 3.63) is 29.4 Å². The molecule has 0 aliphatic carbocycles. The number of fused-ring (bicyclic) bond motifs is 1. The first kappa shape index (κ1) is 9.57. The zero-order valence-corrected chi connectivity index (χ0v) is 8.53. The average molecular weight is 231 g/mol. The molecule has 14 heavy (non-hydrogen) atoms. The molecule has 0 bridgehead atoms. The third-order valence-electron chi connectivity index (χ3n) is 1.81. The van der Waals surface area contributed by atoms with Gasteiger partial charge < -0.3 is 0 Å². The van der Waals surface area contributed by atoms with Crippen LogP contribution in [0.1, 0.15) is 0 Å². The van der Waals surface area contributed by atoms with Crippen molar-refractivity contribution in [2.75, 3.05) is 0 Å². The molecule has 0 amide bonds. The molecule has 74 valence electrons. The zero-order valence-electron chi connectivity index (χ0n) is 6.90. The summed E-state index contributed by atoms with van der Waals surface area (Å²) in [5.41, 5.74) is 0. The lowest BCUT2D eigenvalue weighted by molar-refractivity contribution is 0.599. The van der Waals surface area contributed by atoms with Gasteiger partial charge in [0.25, 0.3) is 0 Å². The van der Waals surface area contributed by atoms with Crippen molar-refractivity contribution in [2.45, 2.75) is 4.90 Å². The minimum Gasteiger partial charge on any atom is -0.225 e. The fourth-order valence-electron chi connectivity index (χ4n) is 1.20. The Bertz CT molecular complexity index is 588. The van der Waals surface area contributed by atoms with Gasteiger partial charge in [0.15, 0.2) is 0 Å². The molecule has 0 spiro atoms. The van der Waals surface area contributed by atoms with Crippen LogP contribution in [0.4, 0.5) is 4.39 Å². The number of primary sulfonamides is 1. The van der Waals surface area contributed by atoms with Crippen molar-refractivity contribution in [3.63, 3.8) is 0 Å². The predicted octanol–water partition coefficient (Wildman–Crippen LogP) is 1.69. The molecule has 0 saturated heterocycles. The van der Waals surface area contributed by atoms with Crippen LogP contribution < -0.4 is 5.14 Å². The molecule has 0 fully saturated rings. The second-order valence-corrected chi connectivity index (χ2v) is 5.23. The molecule has 0 atom stereocenters. The molecule has 1 aromatic carbocycles. The molecule has 2 aromatic rings. The van der Waals surface area contributed by atoms with Gasteiger partial charge in [-0.1, -0.05) is 0 Å². The van der Waals surface area contributed by atoms with Crippen LogP contribution in [-0.2, 0) is 10.0 Å². The van der Waals surface area contributed by atoms with E-state index >= 15 is 0 Å². The highest BCUT2D eigenvalue weighted by molar-refractivity contribution is 7.89. The van der Waals surface area contributed by atoms with Crippen LogP contribution >= 0.6 is 11.3 Å². The van der Waals surface area contributed by atoms with Crippen molar-refractivity contribution >= 4 is 31.4 Å². The summed E-state index contributed by atoms with van der Waals surface area (Å²) in [6.07, 6.45) is 0. The van der Waals surface area contributed by atoms with Crippen molar-refractivity contribution < 1.29 is 12.8 Å². The van der Waals surface area contributed by atoms with E-state index in [0.717, 1.165) is 0 Å². The fourth-order valence-corrected chi connectivity index (χ4v) is 3.22. The molecule has 0 saturated carbocycles. The Labute approximate surface area is 84.0 Å². The maximum atomic E-state index is 12.9. The molecule has 1 heterocycles. The van der Waals surface area contributed by atoms with Crippen LogP contribution in [0.15, 0.2) is 28.5 Å². The summed E-state index contributed by atoms with van der Waals surface area (Å²) in [6.45, 7) is 0. The number of hydrogen-bond acceptors (Lipinski definition) is 3. The van der Waals surface area contributed by atoms with E-state index in [4.69, 9.17) is 5.14 Å². The summed E-state index contributed by atoms with van der Waals surface area (Å²) >= 11 is 1.22. The van der Waals surface area contributed by atoms with Gasteiger partial charge in [-0.25, -0.2) is 17.9 Å². The smallest absolute Gasteiger partial charge is 0.225 e. The number of thiophene rings is 1. The van der Waals surface area contributed by atoms with Crippen LogP contribution in [0.5, 0.6) is 0 Å². The Hall–Kier alpha value is -0.980. The highest BCUT2D eigenvalue weighted by Crippen LogP contribution is 2.28. The van der Waals surface area contributed by atoms with Gasteiger partial charge in [0, 0.05) is 15.5 Å². The molecule has 2 rings (SSSR count). The zero-order chi connectivity index (χ0) is 10.3. The normalized spacial score (nSPS) is 12.1. The molecule has 6 heteroatoms. The Balaban J connectivity index is 2.87. The lowest BCUT2D eigenvalue weighted by Crippen LogP contribution is -2.11. The van der Waals surface area contributed by atoms with E-state index in [1.54, 1.807) is 0 Å². The summed E-state index contributed by atoms with van der Waals surface area (Å²) in [4.78, 5) is -0.0167. The number of hydrogen-bond donors (Lipinski definition) is 1. The van der Waals surface area contributed by atoms with E-state index in [0.29, 0.717) is 10.1 Å². The third kappa shape index (κ3) is 1.52. The van der Waals surface area contributed by atoms with Gasteiger partial charge in [-0.15, -0.1) is 11.3 Å². The molecule has 1 aromatic heterocycles. The summed E-state index contributed by atoms with van der Waals surface area (Å²) in [6, 6.07) is 3.99. The van der Waals surface area contributed by atoms with Crippen LogP contribution in [0.2, 0.25) is 0 Å². The first-order valence-corrected chi connectivity index (χ1v) is 6.10. The van der Waals surface area contributed by atoms with Gasteiger partial charge in [-0.05, 0) is 18.2 Å². The fraction of sp³-hybridized carbons (Fsp3) is 0. The topological polar surface area (TPSA) is 60.2 Å². The van der Waals surface area contributed by atoms with E-state index in [-0.39, 0.29) is 4.90 Å². The second-order valence-electron chi connectivity index (χ2n) is 2.79. The molecular formula is C8H6FNO2S2. The first-order valence-electron chi connectivity index (χ1n) is 3.68. The summed E-state index contributed by atoms with van der Waals surface area (Å²) < 4.78 is 35.7. The average Bonchev–Trinajstić information content (AvgIpc) is 2.45. The maximum absolute atomic E-state index is 12.9. The monoisotopic (exact) mass is 231 g/mol. The van der Waals surface area contributed by atoms with Gasteiger partial charge in [-0.2, -0.15) is 0 Å². The maximum Gasteiger partial charge on any atom is 0.239 e. The quantitative estimate of drug-likeness (QED) is 0.811. The van der Waals surface area contributed by atoms with Crippen LogP contribution in [0.25, 0.3) is 10.1 Å². The van der Waals surface area contributed by atoms with E-state index in [1.807, 2.05) is 0 Å². The Morgan fingerprint density at radius 3 is 2.71 bits per heavy atom. The number of sulfonamides is 1. The van der Waals surface area contributed by atoms with Crippen molar-refractivity contribution in [1.82, 2.24) is 0 Å². The summed E-state index contributed by atoms with van der Waals surface area (Å²) in [5, 5.41) is 6.73. The minimum atomic E-state index is -3.76. The van der Waals surface area contributed by atoms with E-state index < -0.39 is 15.8 Å². The van der Waals surface area contributed by atoms with Crippen molar-refractivity contribution in [1.29, 1.82) is 0 Å². The molecule has 0 unspecified atom stereocenters. The van der Waals surface area contributed by atoms with E-state index in [1.165, 1.54) is 34.9 Å². The largest absolute Gasteiger partial charge is 0.239 e. The minimum absolute atomic E-state index is 0.0167. The van der Waals surface area contributed by atoms with Crippen LogP contribution in [0.3, 0.4) is 0 Å². The van der Waals surface area contributed by atoms with Gasteiger partial charge in [0.05, 0.1) is 0 Å². The molecule has 0 radical (unpaired) electrons. The van der Waals surface area contributed by atoms with Crippen molar-refractivity contribution in [3.8, 4) is 0 Å². The highest BCUT2D eigenvalue weighted by atomic mass is 32.2. The standard InChI is InChI=1S/C8H6FNO2S2/c9-5-1-2-7-6(3-5)8(4-13-7)14(10,11)12/h1-4H,(H2,10,11,12). The SMILES string of the molecule is NS(=O)(=O)c1csc2ccc(F)cc12. The Morgan fingerprint density at radius 2 is 2.07 bits per heavy atom. The number of halogens is 1. The third-order valence-corrected chi connectivity index (χ3v) is 3.87. The number of nitrogens with two attached hydrogens (primary N) is 1. The molecular weight excluding hydrogens is 225 g/mol. The van der Waals surface area contributed by atoms with Gasteiger partial charge in [-0.3, -0.25) is 0 Å². The lowest BCUT2D eigenvalue weighted by atomic mass is 10.2. The van der Waals surface area contributed by atoms with Gasteiger partial charge >= 0.3 is 0 Å². The van der Waals surface area contributed by atoms with E-state index in [2.05, 4.69) is 0 Å². The summed E-state index contributed by atoms with van der Waals surface area (Å²) in [7, 11) is -3.76. The number of benzene rings is 1. The second kappa shape index (κ2) is 3.01. The van der Waals surface area contributed by atoms with Crippen LogP contribution in [0, 0.1) is 5.82 Å².